The lowest BCUT2D eigenvalue weighted by atomic mass is 9.95. The van der Waals surface area contributed by atoms with Gasteiger partial charge in [0.2, 0.25) is 0 Å². The van der Waals surface area contributed by atoms with Crippen molar-refractivity contribution in [1.82, 2.24) is 5.32 Å². The maximum absolute atomic E-state index is 4.12. The Bertz CT molecular complexity index is 464. The fourth-order valence-electron chi connectivity index (χ4n) is 1.82. The molecule has 0 aliphatic rings. The molecule has 0 saturated heterocycles. The summed E-state index contributed by atoms with van der Waals surface area (Å²) in [5, 5.41) is 2.95. The van der Waals surface area contributed by atoms with Gasteiger partial charge in [-0.3, -0.25) is 0 Å². The third kappa shape index (κ3) is 3.92. The number of hydrogen-bond acceptors (Lipinski definition) is 1. The van der Waals surface area contributed by atoms with Gasteiger partial charge in [-0.15, -0.1) is 0 Å². The largest absolute Gasteiger partial charge is 0.394 e. The summed E-state index contributed by atoms with van der Waals surface area (Å²) in [7, 11) is 1.88. The van der Waals surface area contributed by atoms with Gasteiger partial charge >= 0.3 is 0 Å². The summed E-state index contributed by atoms with van der Waals surface area (Å²) in [6, 6.07) is 6.61. The van der Waals surface area contributed by atoms with E-state index in [1.54, 1.807) is 0 Å². The van der Waals surface area contributed by atoms with Crippen LogP contribution >= 0.6 is 0 Å². The fourth-order valence-corrected chi connectivity index (χ4v) is 1.82. The Morgan fingerprint density at radius 1 is 1.28 bits per heavy atom. The minimum absolute atomic E-state index is 0.570. The molecule has 1 heteroatoms. The highest BCUT2D eigenvalue weighted by Crippen LogP contribution is 2.23. The molecule has 0 heterocycles. The predicted molar refractivity (Wildman–Crippen MR) is 81.6 cm³/mol. The van der Waals surface area contributed by atoms with Gasteiger partial charge in [0, 0.05) is 7.05 Å². The topological polar surface area (TPSA) is 12.0 Å². The first-order chi connectivity index (χ1) is 8.56. The van der Waals surface area contributed by atoms with Crippen molar-refractivity contribution in [3.8, 4) is 0 Å². The summed E-state index contributed by atoms with van der Waals surface area (Å²) >= 11 is 0. The van der Waals surface area contributed by atoms with Crippen LogP contribution in [0.1, 0.15) is 36.5 Å². The molecule has 0 aromatic heterocycles. The first-order valence-electron chi connectivity index (χ1n) is 6.36. The summed E-state index contributed by atoms with van der Waals surface area (Å²) in [6.07, 6.45) is 7.88. The molecule has 0 saturated carbocycles. The molecule has 1 aromatic carbocycles. The van der Waals surface area contributed by atoms with Gasteiger partial charge in [-0.05, 0) is 47.4 Å². The second-order valence-corrected chi connectivity index (χ2v) is 4.76. The van der Waals surface area contributed by atoms with E-state index >= 15 is 0 Å². The Balaban J connectivity index is 2.87. The van der Waals surface area contributed by atoms with Crippen LogP contribution in [0.25, 0.3) is 5.57 Å². The van der Waals surface area contributed by atoms with Gasteiger partial charge in [0.1, 0.15) is 0 Å². The Labute approximate surface area is 111 Å². The molecular formula is C17H23N. The molecule has 1 N–H and O–H groups in total. The molecule has 0 radical (unpaired) electrons. The van der Waals surface area contributed by atoms with Crippen LogP contribution in [0.5, 0.6) is 0 Å². The van der Waals surface area contributed by atoms with Crippen molar-refractivity contribution >= 4 is 5.57 Å². The molecule has 96 valence electrons. The van der Waals surface area contributed by atoms with Crippen molar-refractivity contribution in [3.05, 3.63) is 65.9 Å². The quantitative estimate of drug-likeness (QED) is 0.752. The summed E-state index contributed by atoms with van der Waals surface area (Å²) in [4.78, 5) is 0. The summed E-state index contributed by atoms with van der Waals surface area (Å²) < 4.78 is 0. The second kappa shape index (κ2) is 6.85. The van der Waals surface area contributed by atoms with Crippen molar-refractivity contribution < 1.29 is 0 Å². The van der Waals surface area contributed by atoms with E-state index in [-0.39, 0.29) is 0 Å². The van der Waals surface area contributed by atoms with Crippen molar-refractivity contribution in [1.29, 1.82) is 0 Å². The number of benzene rings is 1. The lowest BCUT2D eigenvalue weighted by molar-refractivity contribution is 0.864. The fraction of sp³-hybridized carbons (Fsp3) is 0.294. The third-order valence-electron chi connectivity index (χ3n) is 2.93. The van der Waals surface area contributed by atoms with Gasteiger partial charge in [0.25, 0.3) is 0 Å². The molecule has 0 unspecified atom stereocenters. The Morgan fingerprint density at radius 2 is 2.00 bits per heavy atom. The zero-order chi connectivity index (χ0) is 13.5. The number of nitrogens with one attached hydrogen (secondary N) is 1. The highest BCUT2D eigenvalue weighted by atomic mass is 14.8. The van der Waals surface area contributed by atoms with Crippen LogP contribution in [0.15, 0.2) is 49.2 Å². The van der Waals surface area contributed by atoms with Crippen LogP contribution in [0, 0.1) is 6.92 Å². The summed E-state index contributed by atoms with van der Waals surface area (Å²) in [5.41, 5.74) is 4.92. The Hall–Kier alpha value is -1.76. The van der Waals surface area contributed by atoms with Gasteiger partial charge in [-0.25, -0.2) is 0 Å². The lowest BCUT2D eigenvalue weighted by Gasteiger charge is -2.10. The average molecular weight is 241 g/mol. The lowest BCUT2D eigenvalue weighted by Crippen LogP contribution is -1.92. The molecule has 1 nitrogen and oxygen atoms in total. The molecule has 0 bridgehead atoms. The number of rotatable bonds is 5. The molecule has 0 aliphatic heterocycles. The van der Waals surface area contributed by atoms with Crippen molar-refractivity contribution in [3.63, 3.8) is 0 Å². The van der Waals surface area contributed by atoms with E-state index < -0.39 is 0 Å². The van der Waals surface area contributed by atoms with E-state index in [9.17, 15) is 0 Å². The van der Waals surface area contributed by atoms with Crippen LogP contribution in [-0.2, 0) is 0 Å². The normalized spacial score (nSPS) is 11.6. The third-order valence-corrected chi connectivity index (χ3v) is 2.93. The first-order valence-corrected chi connectivity index (χ1v) is 6.36. The van der Waals surface area contributed by atoms with Crippen LogP contribution in [-0.4, -0.2) is 7.05 Å². The highest BCUT2D eigenvalue weighted by molar-refractivity contribution is 5.74. The van der Waals surface area contributed by atoms with E-state index in [1.165, 1.54) is 16.7 Å². The summed E-state index contributed by atoms with van der Waals surface area (Å²) in [5.74, 6) is 0.570. The van der Waals surface area contributed by atoms with Crippen LogP contribution in [0.4, 0.5) is 0 Å². The van der Waals surface area contributed by atoms with E-state index in [2.05, 4.69) is 50.9 Å². The monoisotopic (exact) mass is 241 g/mol. The van der Waals surface area contributed by atoms with E-state index in [0.29, 0.717) is 5.92 Å². The molecule has 0 amide bonds. The zero-order valence-electron chi connectivity index (χ0n) is 11.8. The van der Waals surface area contributed by atoms with E-state index in [4.69, 9.17) is 0 Å². The van der Waals surface area contributed by atoms with Gasteiger partial charge in [0.15, 0.2) is 0 Å². The molecule has 1 aromatic rings. The maximum atomic E-state index is 4.12. The highest BCUT2D eigenvalue weighted by Gasteiger charge is 2.04. The van der Waals surface area contributed by atoms with Gasteiger partial charge in [0.05, 0.1) is 0 Å². The zero-order valence-corrected chi connectivity index (χ0v) is 11.8. The maximum Gasteiger partial charge on any atom is 0.00277 e. The summed E-state index contributed by atoms with van der Waals surface area (Å²) in [6.45, 7) is 10.7. The Kier molecular flexibility index (Phi) is 5.44. The molecular weight excluding hydrogens is 218 g/mol. The molecule has 1 rings (SSSR count). The van der Waals surface area contributed by atoms with Crippen molar-refractivity contribution in [2.45, 2.75) is 26.7 Å². The van der Waals surface area contributed by atoms with Crippen LogP contribution < -0.4 is 5.32 Å². The predicted octanol–water partition coefficient (Wildman–Crippen LogP) is 4.42. The van der Waals surface area contributed by atoms with E-state index in [1.807, 2.05) is 31.5 Å². The van der Waals surface area contributed by atoms with Gasteiger partial charge in [-0.1, -0.05) is 50.8 Å². The van der Waals surface area contributed by atoms with Crippen molar-refractivity contribution in [2.24, 2.45) is 0 Å². The molecule has 18 heavy (non-hydrogen) atoms. The molecule has 0 atom stereocenters. The van der Waals surface area contributed by atoms with Gasteiger partial charge < -0.3 is 5.32 Å². The van der Waals surface area contributed by atoms with Gasteiger partial charge in [-0.2, -0.15) is 0 Å². The molecule has 0 spiro atoms. The first kappa shape index (κ1) is 14.3. The Morgan fingerprint density at radius 3 is 2.56 bits per heavy atom. The molecule has 0 aliphatic carbocycles. The SMILES string of the molecule is C=C(/C=C\C=C/NC)c1ccc(C(C)C)cc1C. The van der Waals surface area contributed by atoms with Crippen LogP contribution in [0.3, 0.4) is 0 Å². The van der Waals surface area contributed by atoms with Crippen LogP contribution in [0.2, 0.25) is 0 Å². The molecule has 0 fully saturated rings. The number of allylic oxidation sites excluding steroid dienone is 4. The number of hydrogen-bond donors (Lipinski definition) is 1. The second-order valence-electron chi connectivity index (χ2n) is 4.76. The minimum Gasteiger partial charge on any atom is -0.394 e. The average Bonchev–Trinajstić information content (AvgIpc) is 2.34. The standard InChI is InChI=1S/C17H23N/c1-13(2)16-9-10-17(15(4)12-16)14(3)8-6-7-11-18-5/h6-13,18H,3H2,1-2,4-5H3/b8-6-,11-7-. The number of aryl methyl sites for hydroxylation is 1. The smallest absolute Gasteiger partial charge is 0.00277 e. The van der Waals surface area contributed by atoms with E-state index in [0.717, 1.165) is 5.57 Å². The van der Waals surface area contributed by atoms with Crippen molar-refractivity contribution in [2.75, 3.05) is 7.05 Å². The minimum atomic E-state index is 0.570.